The van der Waals surface area contributed by atoms with E-state index < -0.39 is 6.23 Å². The smallest absolute Gasteiger partial charge is 0.320 e. The third-order valence-electron chi connectivity index (χ3n) is 4.43. The van der Waals surface area contributed by atoms with Crippen molar-refractivity contribution in [3.8, 4) is 5.75 Å². The summed E-state index contributed by atoms with van der Waals surface area (Å²) in [5.41, 5.74) is 1.92. The number of carbonyl (C=O) groups is 1. The van der Waals surface area contributed by atoms with Crippen molar-refractivity contribution in [1.82, 2.24) is 25.5 Å². The second-order valence-corrected chi connectivity index (χ2v) is 6.20. The van der Waals surface area contributed by atoms with Crippen LogP contribution in [0.25, 0.3) is 10.9 Å². The predicted molar refractivity (Wildman–Crippen MR) is 113 cm³/mol. The summed E-state index contributed by atoms with van der Waals surface area (Å²) in [6.07, 6.45) is 4.62. The molecule has 0 spiro atoms. The van der Waals surface area contributed by atoms with E-state index in [0.717, 1.165) is 29.6 Å². The molecule has 4 rings (SSSR count). The summed E-state index contributed by atoms with van der Waals surface area (Å²) >= 11 is 0. The molecule has 0 bridgehead atoms. The maximum atomic E-state index is 12.7. The fourth-order valence-electron chi connectivity index (χ4n) is 3.04. The lowest BCUT2D eigenvalue weighted by molar-refractivity contribution is 0.140. The van der Waals surface area contributed by atoms with Gasteiger partial charge in [0.15, 0.2) is 6.23 Å². The number of amides is 2. The van der Waals surface area contributed by atoms with E-state index >= 15 is 0 Å². The van der Waals surface area contributed by atoms with E-state index in [-0.39, 0.29) is 30.8 Å². The molecule has 1 aromatic carbocycles. The Balaban J connectivity index is 0.00000140. The van der Waals surface area contributed by atoms with Crippen molar-refractivity contribution in [2.24, 2.45) is 0 Å². The van der Waals surface area contributed by atoms with Crippen LogP contribution in [0.5, 0.6) is 5.75 Å². The minimum Gasteiger partial charge on any atom is -0.465 e. The molecule has 9 heteroatoms. The van der Waals surface area contributed by atoms with Crippen molar-refractivity contribution in [3.63, 3.8) is 0 Å². The van der Waals surface area contributed by atoms with Gasteiger partial charge in [-0.05, 0) is 35.7 Å². The molecule has 2 aromatic heterocycles. The normalized spacial score (nSPS) is 14.5. The number of urea groups is 1. The summed E-state index contributed by atoms with van der Waals surface area (Å²) in [5.74, 6) is 0.604. The fraction of sp³-hybridized carbons (Fsp3) is 0.263. The van der Waals surface area contributed by atoms with E-state index in [9.17, 15) is 4.79 Å². The second-order valence-electron chi connectivity index (χ2n) is 6.20. The quantitative estimate of drug-likeness (QED) is 0.563. The van der Waals surface area contributed by atoms with Crippen molar-refractivity contribution in [1.29, 1.82) is 0 Å². The average molecular weight is 424 g/mol. The number of ether oxygens (including phenoxy) is 1. The van der Waals surface area contributed by atoms with Gasteiger partial charge < -0.3 is 19.9 Å². The van der Waals surface area contributed by atoms with Crippen LogP contribution in [0.3, 0.4) is 0 Å². The molecule has 1 aliphatic rings. The first kappa shape index (κ1) is 21.8. The van der Waals surface area contributed by atoms with Gasteiger partial charge in [-0.15, -0.1) is 24.8 Å². The zero-order valence-electron chi connectivity index (χ0n) is 15.1. The monoisotopic (exact) mass is 423 g/mol. The van der Waals surface area contributed by atoms with Gasteiger partial charge in [0.25, 0.3) is 0 Å². The number of piperazine rings is 1. The number of pyridine rings is 1. The largest absolute Gasteiger partial charge is 0.465 e. The highest BCUT2D eigenvalue weighted by Crippen LogP contribution is 2.23. The van der Waals surface area contributed by atoms with Gasteiger partial charge >= 0.3 is 6.03 Å². The number of aromatic amines is 1. The van der Waals surface area contributed by atoms with Crippen molar-refractivity contribution in [2.75, 3.05) is 26.2 Å². The maximum absolute atomic E-state index is 12.7. The number of carbonyl (C=O) groups excluding carboxylic acids is 1. The zero-order chi connectivity index (χ0) is 17.8. The van der Waals surface area contributed by atoms with E-state index in [1.165, 1.54) is 0 Å². The Morgan fingerprint density at radius 3 is 2.75 bits per heavy atom. The van der Waals surface area contributed by atoms with Crippen LogP contribution < -0.4 is 15.4 Å². The molecule has 0 radical (unpaired) electrons. The number of halogens is 2. The van der Waals surface area contributed by atoms with Crippen LogP contribution in [0, 0.1) is 0 Å². The van der Waals surface area contributed by atoms with E-state index in [4.69, 9.17) is 4.74 Å². The van der Waals surface area contributed by atoms with Gasteiger partial charge in [0, 0.05) is 49.7 Å². The Morgan fingerprint density at radius 1 is 1.18 bits per heavy atom. The number of fused-ring (bicyclic) bond motifs is 1. The fourth-order valence-corrected chi connectivity index (χ4v) is 3.04. The maximum Gasteiger partial charge on any atom is 0.320 e. The molecule has 1 fully saturated rings. The predicted octanol–water partition coefficient (Wildman–Crippen LogP) is 3.10. The van der Waals surface area contributed by atoms with Crippen LogP contribution in [0.1, 0.15) is 11.8 Å². The highest BCUT2D eigenvalue weighted by molar-refractivity contribution is 5.85. The van der Waals surface area contributed by atoms with E-state index in [1.54, 1.807) is 23.4 Å². The first-order valence-electron chi connectivity index (χ1n) is 8.69. The molecule has 1 aliphatic heterocycles. The highest BCUT2D eigenvalue weighted by atomic mass is 35.5. The standard InChI is InChI=1S/C19H21N5O2.2ClH/c25-19(24-10-8-20-9-11-24)23-18(26-16-2-1-6-21-13-16)15-3-4-17-14(12-15)5-7-22-17;;/h1-7,12-13,18,20,22H,8-11H2,(H,23,25);2*1H. The molecule has 1 atom stereocenters. The molecular weight excluding hydrogens is 401 g/mol. The third-order valence-corrected chi connectivity index (χ3v) is 4.43. The van der Waals surface area contributed by atoms with Gasteiger partial charge in [-0.1, -0.05) is 6.07 Å². The van der Waals surface area contributed by atoms with Crippen LogP contribution in [-0.2, 0) is 0 Å². The van der Waals surface area contributed by atoms with Gasteiger partial charge in [0.1, 0.15) is 5.75 Å². The Labute approximate surface area is 175 Å². The van der Waals surface area contributed by atoms with Crippen LogP contribution in [0.4, 0.5) is 4.79 Å². The molecule has 3 aromatic rings. The van der Waals surface area contributed by atoms with Crippen molar-refractivity contribution < 1.29 is 9.53 Å². The van der Waals surface area contributed by atoms with Crippen LogP contribution >= 0.6 is 24.8 Å². The van der Waals surface area contributed by atoms with Crippen LogP contribution in [0.15, 0.2) is 55.0 Å². The molecule has 0 saturated carbocycles. The van der Waals surface area contributed by atoms with Gasteiger partial charge in [0.2, 0.25) is 0 Å². The molecular formula is C19H23Cl2N5O2. The molecule has 1 unspecified atom stereocenters. The first-order chi connectivity index (χ1) is 12.8. The number of hydrogen-bond acceptors (Lipinski definition) is 4. The number of benzene rings is 1. The highest BCUT2D eigenvalue weighted by Gasteiger charge is 2.22. The Morgan fingerprint density at radius 2 is 2.00 bits per heavy atom. The van der Waals surface area contributed by atoms with Gasteiger partial charge in [0.05, 0.1) is 6.20 Å². The number of rotatable bonds is 4. The van der Waals surface area contributed by atoms with Crippen molar-refractivity contribution >= 4 is 41.7 Å². The number of nitrogens with zero attached hydrogens (tertiary/aromatic N) is 2. The summed E-state index contributed by atoms with van der Waals surface area (Å²) in [6.45, 7) is 2.97. The van der Waals surface area contributed by atoms with Crippen molar-refractivity contribution in [3.05, 3.63) is 60.6 Å². The topological polar surface area (TPSA) is 82.3 Å². The van der Waals surface area contributed by atoms with Crippen molar-refractivity contribution in [2.45, 2.75) is 6.23 Å². The molecule has 1 saturated heterocycles. The molecule has 150 valence electrons. The lowest BCUT2D eigenvalue weighted by atomic mass is 10.1. The van der Waals surface area contributed by atoms with E-state index in [0.29, 0.717) is 18.8 Å². The zero-order valence-corrected chi connectivity index (χ0v) is 16.8. The summed E-state index contributed by atoms with van der Waals surface area (Å²) in [7, 11) is 0. The van der Waals surface area contributed by atoms with E-state index in [1.807, 2.05) is 36.5 Å². The Kier molecular flexibility index (Phi) is 7.92. The Bertz CT molecular complexity index is 884. The molecule has 3 N–H and O–H groups in total. The third kappa shape index (κ3) is 5.07. The van der Waals surface area contributed by atoms with Gasteiger partial charge in [-0.25, -0.2) is 4.79 Å². The lowest BCUT2D eigenvalue weighted by Crippen LogP contribution is -2.51. The summed E-state index contributed by atoms with van der Waals surface area (Å²) in [4.78, 5) is 21.7. The first-order valence-corrected chi connectivity index (χ1v) is 8.69. The Hall–Kier alpha value is -2.48. The molecule has 28 heavy (non-hydrogen) atoms. The minimum atomic E-state index is -0.596. The summed E-state index contributed by atoms with van der Waals surface area (Å²) < 4.78 is 6.04. The molecule has 7 nitrogen and oxygen atoms in total. The number of H-pyrrole nitrogens is 1. The van der Waals surface area contributed by atoms with Crippen LogP contribution in [0.2, 0.25) is 0 Å². The number of nitrogens with one attached hydrogen (secondary N) is 3. The number of hydrogen-bond donors (Lipinski definition) is 3. The molecule has 0 aliphatic carbocycles. The summed E-state index contributed by atoms with van der Waals surface area (Å²) in [5, 5.41) is 7.32. The SMILES string of the molecule is Cl.Cl.O=C(NC(Oc1cccnc1)c1ccc2[nH]ccc2c1)N1CCNCC1. The minimum absolute atomic E-state index is 0. The number of aromatic nitrogens is 2. The molecule has 2 amide bonds. The second kappa shape index (κ2) is 10.2. The molecule has 3 heterocycles. The summed E-state index contributed by atoms with van der Waals surface area (Å²) in [6, 6.07) is 11.5. The van der Waals surface area contributed by atoms with Crippen LogP contribution in [-0.4, -0.2) is 47.1 Å². The average Bonchev–Trinajstić information content (AvgIpc) is 3.17. The van der Waals surface area contributed by atoms with Gasteiger partial charge in [-0.2, -0.15) is 0 Å². The van der Waals surface area contributed by atoms with E-state index in [2.05, 4.69) is 20.6 Å². The lowest BCUT2D eigenvalue weighted by Gasteiger charge is -2.30. The van der Waals surface area contributed by atoms with Gasteiger partial charge in [-0.3, -0.25) is 10.3 Å².